The highest BCUT2D eigenvalue weighted by molar-refractivity contribution is 7.89. The van der Waals surface area contributed by atoms with Gasteiger partial charge in [0, 0.05) is 49.7 Å². The molecule has 0 radical (unpaired) electrons. The summed E-state index contributed by atoms with van der Waals surface area (Å²) in [5, 5.41) is 4.68. The van der Waals surface area contributed by atoms with Crippen LogP contribution in [0, 0.1) is 5.82 Å². The third kappa shape index (κ3) is 3.42. The van der Waals surface area contributed by atoms with Crippen molar-refractivity contribution < 1.29 is 17.5 Å². The molecule has 10 heteroatoms. The molecule has 29 heavy (non-hydrogen) atoms. The number of aromatic nitrogens is 4. The van der Waals surface area contributed by atoms with Crippen molar-refractivity contribution in [1.29, 1.82) is 0 Å². The molecule has 3 heterocycles. The smallest absolute Gasteiger partial charge is 0.247 e. The Labute approximate surface area is 168 Å². The van der Waals surface area contributed by atoms with Gasteiger partial charge in [-0.25, -0.2) is 17.8 Å². The highest BCUT2D eigenvalue weighted by atomic mass is 32.2. The number of halogens is 1. The predicted molar refractivity (Wildman–Crippen MR) is 104 cm³/mol. The van der Waals surface area contributed by atoms with E-state index in [9.17, 15) is 12.8 Å². The maximum atomic E-state index is 13.8. The fraction of sp³-hybridized carbons (Fsp3) is 0.368. The zero-order valence-corrected chi connectivity index (χ0v) is 17.0. The summed E-state index contributed by atoms with van der Waals surface area (Å²) in [5.74, 6) is 0.0814. The summed E-state index contributed by atoms with van der Waals surface area (Å²) in [7, 11) is -2.59. The van der Waals surface area contributed by atoms with Crippen LogP contribution in [0.2, 0.25) is 0 Å². The second-order valence-electron chi connectivity index (χ2n) is 6.82. The number of hydrogen-bond donors (Lipinski definition) is 1. The van der Waals surface area contributed by atoms with Crippen LogP contribution in [0.25, 0.3) is 11.5 Å². The normalized spacial score (nSPS) is 14.7. The van der Waals surface area contributed by atoms with E-state index in [1.165, 1.54) is 23.5 Å². The lowest BCUT2D eigenvalue weighted by Gasteiger charge is -2.27. The number of H-pyrrole nitrogens is 1. The highest BCUT2D eigenvalue weighted by Crippen LogP contribution is 2.34. The predicted octanol–water partition coefficient (Wildman–Crippen LogP) is 2.58. The van der Waals surface area contributed by atoms with E-state index in [2.05, 4.69) is 22.0 Å². The van der Waals surface area contributed by atoms with Crippen molar-refractivity contribution in [2.24, 2.45) is 0 Å². The van der Waals surface area contributed by atoms with E-state index < -0.39 is 15.8 Å². The van der Waals surface area contributed by atoms with Crippen LogP contribution < -0.4 is 4.74 Å². The molecule has 0 aliphatic carbocycles. The molecule has 0 fully saturated rings. The van der Waals surface area contributed by atoms with Crippen LogP contribution in [0.1, 0.15) is 24.6 Å². The number of nitrogens with one attached hydrogen (secondary N) is 1. The van der Waals surface area contributed by atoms with Crippen molar-refractivity contribution in [3.8, 4) is 17.3 Å². The van der Waals surface area contributed by atoms with Gasteiger partial charge in [-0.05, 0) is 24.6 Å². The molecule has 1 aliphatic rings. The van der Waals surface area contributed by atoms with Crippen molar-refractivity contribution in [1.82, 2.24) is 24.1 Å². The van der Waals surface area contributed by atoms with Crippen LogP contribution in [0.4, 0.5) is 4.39 Å². The number of sulfonamides is 1. The first kappa shape index (κ1) is 19.6. The van der Waals surface area contributed by atoms with Gasteiger partial charge in [-0.3, -0.25) is 4.68 Å². The lowest BCUT2D eigenvalue weighted by Crippen LogP contribution is -2.36. The van der Waals surface area contributed by atoms with Gasteiger partial charge in [0.15, 0.2) is 5.82 Å². The Morgan fingerprint density at radius 3 is 2.86 bits per heavy atom. The van der Waals surface area contributed by atoms with Crippen molar-refractivity contribution in [3.63, 3.8) is 0 Å². The summed E-state index contributed by atoms with van der Waals surface area (Å²) >= 11 is 0. The monoisotopic (exact) mass is 419 g/mol. The summed E-state index contributed by atoms with van der Waals surface area (Å²) < 4.78 is 48.8. The first-order chi connectivity index (χ1) is 14.0. The maximum Gasteiger partial charge on any atom is 0.247 e. The fourth-order valence-electron chi connectivity index (χ4n) is 3.64. The van der Waals surface area contributed by atoms with Gasteiger partial charge < -0.3 is 9.72 Å². The molecule has 1 N–H and O–H groups in total. The van der Waals surface area contributed by atoms with Crippen molar-refractivity contribution >= 4 is 10.0 Å². The average molecular weight is 419 g/mol. The Morgan fingerprint density at radius 2 is 2.17 bits per heavy atom. The third-order valence-electron chi connectivity index (χ3n) is 5.00. The molecule has 0 atom stereocenters. The second kappa shape index (κ2) is 7.60. The SMILES string of the molecule is CCCn1nc(-c2ncc[nH]2)c2c1CCN(S(=O)(=O)c1cc(F)ccc1OC)C2. The molecule has 1 aromatic carbocycles. The highest BCUT2D eigenvalue weighted by Gasteiger charge is 2.34. The van der Waals surface area contributed by atoms with E-state index in [0.717, 1.165) is 30.3 Å². The van der Waals surface area contributed by atoms with Gasteiger partial charge in [0.2, 0.25) is 10.0 Å². The standard InChI is InChI=1S/C19H22FN5O3S/c1-3-9-25-15-6-10-24(12-14(15)18(23-25)19-21-7-8-22-19)29(26,27)17-11-13(20)4-5-16(17)28-2/h4-5,7-8,11H,3,6,9-10,12H2,1-2H3,(H,21,22). The van der Waals surface area contributed by atoms with E-state index in [4.69, 9.17) is 4.74 Å². The van der Waals surface area contributed by atoms with E-state index in [1.807, 2.05) is 4.68 Å². The van der Waals surface area contributed by atoms with Crippen LogP contribution >= 0.6 is 0 Å². The number of hydrogen-bond acceptors (Lipinski definition) is 5. The number of imidazole rings is 1. The Kier molecular flexibility index (Phi) is 5.13. The quantitative estimate of drug-likeness (QED) is 0.663. The Balaban J connectivity index is 1.76. The summed E-state index contributed by atoms with van der Waals surface area (Å²) in [6.07, 6.45) is 4.76. The molecular formula is C19H22FN5O3S. The van der Waals surface area contributed by atoms with E-state index >= 15 is 0 Å². The van der Waals surface area contributed by atoms with Crippen LogP contribution in [0.15, 0.2) is 35.5 Å². The van der Waals surface area contributed by atoms with Crippen LogP contribution in [-0.2, 0) is 29.5 Å². The molecule has 1 aliphatic heterocycles. The number of rotatable bonds is 6. The molecule has 3 aromatic rings. The zero-order valence-electron chi connectivity index (χ0n) is 16.2. The summed E-state index contributed by atoms with van der Waals surface area (Å²) in [6.45, 7) is 3.23. The van der Waals surface area contributed by atoms with Crippen molar-refractivity contribution in [2.75, 3.05) is 13.7 Å². The number of fused-ring (bicyclic) bond motifs is 1. The van der Waals surface area contributed by atoms with Gasteiger partial charge in [-0.2, -0.15) is 9.40 Å². The molecule has 0 spiro atoms. The third-order valence-corrected chi connectivity index (χ3v) is 6.87. The van der Waals surface area contributed by atoms with Gasteiger partial charge in [0.25, 0.3) is 0 Å². The van der Waals surface area contributed by atoms with Gasteiger partial charge >= 0.3 is 0 Å². The minimum absolute atomic E-state index is 0.116. The van der Waals surface area contributed by atoms with Gasteiger partial charge in [0.1, 0.15) is 22.2 Å². The second-order valence-corrected chi connectivity index (χ2v) is 8.72. The molecule has 8 nitrogen and oxygen atoms in total. The molecule has 0 saturated heterocycles. The Morgan fingerprint density at radius 1 is 1.34 bits per heavy atom. The number of nitrogens with zero attached hydrogens (tertiary/aromatic N) is 4. The van der Waals surface area contributed by atoms with Crippen LogP contribution in [0.5, 0.6) is 5.75 Å². The summed E-state index contributed by atoms with van der Waals surface area (Å²) in [4.78, 5) is 7.15. The molecule has 2 aromatic heterocycles. The minimum Gasteiger partial charge on any atom is -0.495 e. The minimum atomic E-state index is -3.96. The Bertz CT molecular complexity index is 1130. The number of benzene rings is 1. The number of ether oxygens (including phenoxy) is 1. The van der Waals surface area contributed by atoms with Gasteiger partial charge in [-0.15, -0.1) is 0 Å². The molecule has 0 unspecified atom stereocenters. The molecule has 0 amide bonds. The zero-order chi connectivity index (χ0) is 20.6. The fourth-order valence-corrected chi connectivity index (χ4v) is 5.22. The van der Waals surface area contributed by atoms with E-state index in [-0.39, 0.29) is 23.7 Å². The summed E-state index contributed by atoms with van der Waals surface area (Å²) in [6, 6.07) is 3.50. The number of methoxy groups -OCH3 is 1. The Hall–Kier alpha value is -2.72. The molecule has 154 valence electrons. The van der Waals surface area contributed by atoms with Crippen LogP contribution in [0.3, 0.4) is 0 Å². The van der Waals surface area contributed by atoms with Crippen molar-refractivity contribution in [3.05, 3.63) is 47.7 Å². The lowest BCUT2D eigenvalue weighted by atomic mass is 10.1. The molecule has 0 saturated carbocycles. The maximum absolute atomic E-state index is 13.8. The number of aryl methyl sites for hydroxylation is 1. The number of aromatic amines is 1. The van der Waals surface area contributed by atoms with Crippen molar-refractivity contribution in [2.45, 2.75) is 37.8 Å². The molecule has 4 rings (SSSR count). The molecule has 0 bridgehead atoms. The topological polar surface area (TPSA) is 93.1 Å². The van der Waals surface area contributed by atoms with E-state index in [1.54, 1.807) is 12.4 Å². The van der Waals surface area contributed by atoms with Crippen LogP contribution in [-0.4, -0.2) is 46.1 Å². The summed E-state index contributed by atoms with van der Waals surface area (Å²) in [5.41, 5.74) is 2.47. The average Bonchev–Trinajstić information content (AvgIpc) is 3.36. The first-order valence-electron chi connectivity index (χ1n) is 9.37. The largest absolute Gasteiger partial charge is 0.495 e. The van der Waals surface area contributed by atoms with Gasteiger partial charge in [-0.1, -0.05) is 6.92 Å². The lowest BCUT2D eigenvalue weighted by molar-refractivity contribution is 0.371. The van der Waals surface area contributed by atoms with E-state index in [0.29, 0.717) is 17.9 Å². The molecular weight excluding hydrogens is 397 g/mol. The van der Waals surface area contributed by atoms with Gasteiger partial charge in [0.05, 0.1) is 7.11 Å². The first-order valence-corrected chi connectivity index (χ1v) is 10.8.